The molecule has 0 heterocycles. The van der Waals surface area contributed by atoms with Crippen LogP contribution in [-0.2, 0) is 0 Å². The Morgan fingerprint density at radius 2 is 2.06 bits per heavy atom. The second-order valence-corrected chi connectivity index (χ2v) is 5.01. The van der Waals surface area contributed by atoms with E-state index in [0.717, 1.165) is 31.2 Å². The summed E-state index contributed by atoms with van der Waals surface area (Å²) in [5.41, 5.74) is 0.314. The molecule has 0 unspecified atom stereocenters. The number of rotatable bonds is 4. The van der Waals surface area contributed by atoms with Gasteiger partial charge in [-0.05, 0) is 43.5 Å². The average Bonchev–Trinajstić information content (AvgIpc) is 2.75. The maximum atomic E-state index is 10.8. The number of carboxylic acids is 1. The molecule has 1 saturated carbocycles. The largest absolute Gasteiger partial charge is 0.490 e. The van der Waals surface area contributed by atoms with Crippen LogP contribution in [0.15, 0.2) is 18.2 Å². The van der Waals surface area contributed by atoms with E-state index >= 15 is 0 Å². The molecule has 1 aromatic rings. The molecule has 0 aliphatic heterocycles. The molecule has 4 nitrogen and oxygen atoms in total. The second kappa shape index (κ2) is 4.98. The number of aliphatic hydroxyl groups is 1. The quantitative estimate of drug-likeness (QED) is 0.861. The van der Waals surface area contributed by atoms with Crippen LogP contribution in [0, 0.1) is 6.92 Å². The summed E-state index contributed by atoms with van der Waals surface area (Å²) < 4.78 is 5.62. The Balaban J connectivity index is 2.03. The molecule has 2 N–H and O–H groups in total. The second-order valence-electron chi connectivity index (χ2n) is 5.01. The van der Waals surface area contributed by atoms with Gasteiger partial charge in [0.1, 0.15) is 12.4 Å². The highest BCUT2D eigenvalue weighted by Gasteiger charge is 2.32. The minimum absolute atomic E-state index is 0.249. The van der Waals surface area contributed by atoms with Gasteiger partial charge < -0.3 is 14.9 Å². The first-order chi connectivity index (χ1) is 8.50. The lowest BCUT2D eigenvalue weighted by atomic mass is 10.0. The molecule has 2 rings (SSSR count). The molecule has 1 fully saturated rings. The van der Waals surface area contributed by atoms with Gasteiger partial charge >= 0.3 is 5.97 Å². The van der Waals surface area contributed by atoms with Gasteiger partial charge in [0.05, 0.1) is 11.2 Å². The molecular formula is C14H18O4. The van der Waals surface area contributed by atoms with Crippen molar-refractivity contribution in [1.82, 2.24) is 0 Å². The zero-order valence-electron chi connectivity index (χ0n) is 10.5. The highest BCUT2D eigenvalue weighted by molar-refractivity contribution is 5.88. The monoisotopic (exact) mass is 250 g/mol. The van der Waals surface area contributed by atoms with Gasteiger partial charge in [-0.3, -0.25) is 0 Å². The Hall–Kier alpha value is -1.55. The van der Waals surface area contributed by atoms with Crippen molar-refractivity contribution in [2.45, 2.75) is 38.2 Å². The maximum Gasteiger partial charge on any atom is 0.335 e. The van der Waals surface area contributed by atoms with E-state index in [4.69, 9.17) is 9.84 Å². The van der Waals surface area contributed by atoms with E-state index in [1.54, 1.807) is 19.1 Å². The van der Waals surface area contributed by atoms with Gasteiger partial charge in [-0.15, -0.1) is 0 Å². The summed E-state index contributed by atoms with van der Waals surface area (Å²) in [4.78, 5) is 10.8. The van der Waals surface area contributed by atoms with Crippen molar-refractivity contribution < 1.29 is 19.7 Å². The summed E-state index contributed by atoms with van der Waals surface area (Å²) in [6, 6.07) is 4.75. The summed E-state index contributed by atoms with van der Waals surface area (Å²) in [7, 11) is 0. The van der Waals surface area contributed by atoms with E-state index in [0.29, 0.717) is 5.75 Å². The van der Waals surface area contributed by atoms with Crippen LogP contribution in [0.2, 0.25) is 0 Å². The molecule has 0 atom stereocenters. The third-order valence-corrected chi connectivity index (χ3v) is 3.45. The van der Waals surface area contributed by atoms with Crippen LogP contribution in [-0.4, -0.2) is 28.4 Å². The normalized spacial score (nSPS) is 17.7. The van der Waals surface area contributed by atoms with E-state index in [1.165, 1.54) is 6.07 Å². The molecule has 98 valence electrons. The van der Waals surface area contributed by atoms with E-state index < -0.39 is 11.6 Å². The lowest BCUT2D eigenvalue weighted by Gasteiger charge is -2.22. The topological polar surface area (TPSA) is 66.8 Å². The van der Waals surface area contributed by atoms with Crippen LogP contribution >= 0.6 is 0 Å². The smallest absolute Gasteiger partial charge is 0.335 e. The fraction of sp³-hybridized carbons (Fsp3) is 0.500. The first-order valence-electron chi connectivity index (χ1n) is 6.19. The van der Waals surface area contributed by atoms with Crippen LogP contribution in [0.5, 0.6) is 5.75 Å². The summed E-state index contributed by atoms with van der Waals surface area (Å²) in [6.07, 6.45) is 3.63. The van der Waals surface area contributed by atoms with Crippen LogP contribution < -0.4 is 4.74 Å². The number of aryl methyl sites for hydroxylation is 1. The molecule has 1 aliphatic rings. The average molecular weight is 250 g/mol. The van der Waals surface area contributed by atoms with E-state index in [9.17, 15) is 9.90 Å². The Morgan fingerprint density at radius 3 is 2.61 bits per heavy atom. The summed E-state index contributed by atoms with van der Waals surface area (Å²) in [5.74, 6) is -0.306. The van der Waals surface area contributed by atoms with Crippen LogP contribution in [0.4, 0.5) is 0 Å². The van der Waals surface area contributed by atoms with Gasteiger partial charge in [-0.1, -0.05) is 12.8 Å². The van der Waals surface area contributed by atoms with E-state index in [1.807, 2.05) is 0 Å². The van der Waals surface area contributed by atoms with Crippen molar-refractivity contribution in [3.05, 3.63) is 29.3 Å². The molecule has 0 radical (unpaired) electrons. The van der Waals surface area contributed by atoms with Crippen molar-refractivity contribution in [3.63, 3.8) is 0 Å². The van der Waals surface area contributed by atoms with Crippen LogP contribution in [0.3, 0.4) is 0 Å². The van der Waals surface area contributed by atoms with Crippen molar-refractivity contribution in [1.29, 1.82) is 0 Å². The van der Waals surface area contributed by atoms with Crippen LogP contribution in [0.1, 0.15) is 41.6 Å². The third kappa shape index (κ3) is 2.82. The van der Waals surface area contributed by atoms with Gasteiger partial charge in [-0.2, -0.15) is 0 Å². The molecule has 4 heteroatoms. The zero-order chi connectivity index (χ0) is 13.2. The Labute approximate surface area is 106 Å². The number of carbonyl (C=O) groups is 1. The number of aromatic carboxylic acids is 1. The maximum absolute atomic E-state index is 10.8. The summed E-state index contributed by atoms with van der Waals surface area (Å²) >= 11 is 0. The molecule has 18 heavy (non-hydrogen) atoms. The van der Waals surface area contributed by atoms with Crippen LogP contribution in [0.25, 0.3) is 0 Å². The number of benzene rings is 1. The fourth-order valence-corrected chi connectivity index (χ4v) is 2.33. The number of hydrogen-bond acceptors (Lipinski definition) is 3. The minimum Gasteiger partial charge on any atom is -0.490 e. The van der Waals surface area contributed by atoms with Crippen molar-refractivity contribution in [3.8, 4) is 5.75 Å². The zero-order valence-corrected chi connectivity index (χ0v) is 10.5. The van der Waals surface area contributed by atoms with Crippen molar-refractivity contribution in [2.24, 2.45) is 0 Å². The first-order valence-corrected chi connectivity index (χ1v) is 6.19. The van der Waals surface area contributed by atoms with Gasteiger partial charge in [0.25, 0.3) is 0 Å². The fourth-order valence-electron chi connectivity index (χ4n) is 2.33. The lowest BCUT2D eigenvalue weighted by molar-refractivity contribution is 0.00120. The first kappa shape index (κ1) is 12.9. The summed E-state index contributed by atoms with van der Waals surface area (Å²) in [6.45, 7) is 2.08. The molecule has 0 saturated heterocycles. The Bertz CT molecular complexity index is 447. The third-order valence-electron chi connectivity index (χ3n) is 3.45. The standard InChI is InChI=1S/C14H18O4/c1-10-8-11(13(15)16)4-5-12(10)18-9-14(17)6-2-3-7-14/h4-5,8,17H,2-3,6-7,9H2,1H3,(H,15,16). The van der Waals surface area contributed by atoms with Gasteiger partial charge in [-0.25, -0.2) is 4.79 Å². The summed E-state index contributed by atoms with van der Waals surface area (Å²) in [5, 5.41) is 19.0. The highest BCUT2D eigenvalue weighted by atomic mass is 16.5. The molecule has 1 aromatic carbocycles. The Kier molecular flexibility index (Phi) is 3.57. The Morgan fingerprint density at radius 1 is 1.39 bits per heavy atom. The molecule has 1 aliphatic carbocycles. The molecule has 0 amide bonds. The predicted molar refractivity (Wildman–Crippen MR) is 67.1 cm³/mol. The lowest BCUT2D eigenvalue weighted by Crippen LogP contribution is -2.32. The van der Waals surface area contributed by atoms with E-state index in [2.05, 4.69) is 0 Å². The van der Waals surface area contributed by atoms with Crippen molar-refractivity contribution >= 4 is 5.97 Å². The SMILES string of the molecule is Cc1cc(C(=O)O)ccc1OCC1(O)CCCC1. The minimum atomic E-state index is -0.945. The number of ether oxygens (including phenoxy) is 1. The molecule has 0 spiro atoms. The molecule has 0 bridgehead atoms. The van der Waals surface area contributed by atoms with E-state index in [-0.39, 0.29) is 12.2 Å². The molecular weight excluding hydrogens is 232 g/mol. The van der Waals surface area contributed by atoms with Gasteiger partial charge in [0.15, 0.2) is 0 Å². The van der Waals surface area contributed by atoms with Gasteiger partial charge in [0, 0.05) is 0 Å². The molecule has 0 aromatic heterocycles. The van der Waals surface area contributed by atoms with Gasteiger partial charge in [0.2, 0.25) is 0 Å². The number of carboxylic acid groups (broad SMARTS) is 1. The number of hydrogen-bond donors (Lipinski definition) is 2. The highest BCUT2D eigenvalue weighted by Crippen LogP contribution is 2.30. The van der Waals surface area contributed by atoms with Crippen molar-refractivity contribution in [2.75, 3.05) is 6.61 Å². The predicted octanol–water partition coefficient (Wildman–Crippen LogP) is 2.38.